The van der Waals surface area contributed by atoms with Crippen molar-refractivity contribution in [3.8, 4) is 0 Å². The van der Waals surface area contributed by atoms with E-state index in [-0.39, 0.29) is 11.7 Å². The van der Waals surface area contributed by atoms with Crippen LogP contribution in [0.4, 0.5) is 9.52 Å². The molecule has 1 aliphatic heterocycles. The molecule has 1 aromatic heterocycles. The number of carbonyl (C=O) groups is 1. The topological polar surface area (TPSA) is 54.5 Å². The van der Waals surface area contributed by atoms with E-state index in [4.69, 9.17) is 4.74 Å². The Labute approximate surface area is 125 Å². The van der Waals surface area contributed by atoms with Gasteiger partial charge in [-0.3, -0.25) is 4.79 Å². The molecule has 5 nitrogen and oxygen atoms in total. The first-order valence-electron chi connectivity index (χ1n) is 6.88. The second-order valence-electron chi connectivity index (χ2n) is 4.80. The van der Waals surface area contributed by atoms with Crippen molar-refractivity contribution >= 4 is 32.6 Å². The van der Waals surface area contributed by atoms with Crippen LogP contribution in [0, 0.1) is 5.82 Å². The summed E-state index contributed by atoms with van der Waals surface area (Å²) in [7, 11) is 0. The Kier molecular flexibility index (Phi) is 4.31. The third-order valence-corrected chi connectivity index (χ3v) is 4.31. The predicted molar refractivity (Wildman–Crippen MR) is 80.1 cm³/mol. The Morgan fingerprint density at radius 2 is 2.24 bits per heavy atom. The highest BCUT2D eigenvalue weighted by Gasteiger charge is 2.16. The van der Waals surface area contributed by atoms with Crippen LogP contribution in [0.3, 0.4) is 0 Å². The number of amides is 1. The number of nitrogens with zero attached hydrogens (tertiary/aromatic N) is 2. The van der Waals surface area contributed by atoms with Crippen LogP contribution in [0.15, 0.2) is 18.2 Å². The Morgan fingerprint density at radius 1 is 1.43 bits per heavy atom. The summed E-state index contributed by atoms with van der Waals surface area (Å²) in [6.07, 6.45) is 0.421. The number of ether oxygens (including phenoxy) is 1. The lowest BCUT2D eigenvalue weighted by Gasteiger charge is -2.26. The molecule has 1 amide bonds. The van der Waals surface area contributed by atoms with E-state index >= 15 is 0 Å². The number of fused-ring (bicyclic) bond motifs is 1. The summed E-state index contributed by atoms with van der Waals surface area (Å²) < 4.78 is 19.1. The lowest BCUT2D eigenvalue weighted by molar-refractivity contribution is -0.134. The summed E-state index contributed by atoms with van der Waals surface area (Å²) >= 11 is 1.39. The highest BCUT2D eigenvalue weighted by molar-refractivity contribution is 7.22. The number of thiazole rings is 1. The minimum Gasteiger partial charge on any atom is -0.378 e. The number of halogens is 1. The Hall–Kier alpha value is -1.73. The minimum absolute atomic E-state index is 0.123. The highest BCUT2D eigenvalue weighted by atomic mass is 32.1. The van der Waals surface area contributed by atoms with E-state index < -0.39 is 0 Å². The molecule has 0 radical (unpaired) electrons. The molecule has 1 aliphatic rings. The first kappa shape index (κ1) is 14.2. The number of carbonyl (C=O) groups excluding carboxylic acids is 1. The maximum Gasteiger partial charge on any atom is 0.224 e. The number of anilines is 1. The van der Waals surface area contributed by atoms with Crippen molar-refractivity contribution in [3.05, 3.63) is 24.0 Å². The number of morpholine rings is 1. The molecule has 0 spiro atoms. The Bertz CT molecular complexity index is 640. The van der Waals surface area contributed by atoms with Crippen LogP contribution in [0.25, 0.3) is 10.2 Å². The van der Waals surface area contributed by atoms with Gasteiger partial charge in [-0.15, -0.1) is 0 Å². The molecule has 112 valence electrons. The van der Waals surface area contributed by atoms with Gasteiger partial charge in [0.15, 0.2) is 5.13 Å². The van der Waals surface area contributed by atoms with Gasteiger partial charge in [0, 0.05) is 26.1 Å². The van der Waals surface area contributed by atoms with Crippen molar-refractivity contribution in [1.82, 2.24) is 9.88 Å². The van der Waals surface area contributed by atoms with Crippen molar-refractivity contribution in [1.29, 1.82) is 0 Å². The first-order valence-corrected chi connectivity index (χ1v) is 7.69. The molecule has 0 aliphatic carbocycles. The highest BCUT2D eigenvalue weighted by Crippen LogP contribution is 2.26. The average Bonchev–Trinajstić information content (AvgIpc) is 2.89. The molecule has 2 heterocycles. The van der Waals surface area contributed by atoms with Crippen LogP contribution in [0.5, 0.6) is 0 Å². The molecule has 1 saturated heterocycles. The largest absolute Gasteiger partial charge is 0.378 e. The van der Waals surface area contributed by atoms with Crippen LogP contribution >= 0.6 is 11.3 Å². The van der Waals surface area contributed by atoms with Crippen molar-refractivity contribution in [2.24, 2.45) is 0 Å². The van der Waals surface area contributed by atoms with E-state index in [0.29, 0.717) is 44.4 Å². The second-order valence-corrected chi connectivity index (χ2v) is 5.83. The number of hydrogen-bond donors (Lipinski definition) is 1. The molecule has 1 fully saturated rings. The quantitative estimate of drug-likeness (QED) is 0.940. The predicted octanol–water partition coefficient (Wildman–Crippen LogP) is 2.10. The summed E-state index contributed by atoms with van der Waals surface area (Å²) in [5.74, 6) is -0.141. The van der Waals surface area contributed by atoms with Gasteiger partial charge in [0.05, 0.1) is 23.4 Å². The number of hydrogen-bond acceptors (Lipinski definition) is 5. The molecule has 7 heteroatoms. The zero-order valence-electron chi connectivity index (χ0n) is 11.5. The van der Waals surface area contributed by atoms with Crippen molar-refractivity contribution in [2.45, 2.75) is 6.42 Å². The lowest BCUT2D eigenvalue weighted by atomic mass is 10.3. The summed E-state index contributed by atoms with van der Waals surface area (Å²) in [6.45, 7) is 3.09. The fraction of sp³-hybridized carbons (Fsp3) is 0.429. The van der Waals surface area contributed by atoms with Gasteiger partial charge in [-0.25, -0.2) is 9.37 Å². The molecular weight excluding hydrogens is 293 g/mol. The van der Waals surface area contributed by atoms with Gasteiger partial charge >= 0.3 is 0 Å². The molecular formula is C14H16FN3O2S. The molecule has 21 heavy (non-hydrogen) atoms. The van der Waals surface area contributed by atoms with Crippen molar-refractivity contribution < 1.29 is 13.9 Å². The number of nitrogens with one attached hydrogen (secondary N) is 1. The first-order chi connectivity index (χ1) is 10.2. The average molecular weight is 309 g/mol. The fourth-order valence-corrected chi connectivity index (χ4v) is 3.14. The molecule has 1 aromatic carbocycles. The van der Waals surface area contributed by atoms with Gasteiger partial charge in [-0.1, -0.05) is 11.3 Å². The number of benzene rings is 1. The second kappa shape index (κ2) is 6.36. The van der Waals surface area contributed by atoms with E-state index in [1.807, 2.05) is 4.90 Å². The van der Waals surface area contributed by atoms with Crippen LogP contribution in [0.2, 0.25) is 0 Å². The van der Waals surface area contributed by atoms with E-state index in [0.717, 1.165) is 10.2 Å². The van der Waals surface area contributed by atoms with Crippen LogP contribution in [-0.4, -0.2) is 48.6 Å². The Morgan fingerprint density at radius 3 is 3.05 bits per heavy atom. The molecule has 3 rings (SSSR count). The Balaban J connectivity index is 1.53. The van der Waals surface area contributed by atoms with Gasteiger partial charge < -0.3 is 15.0 Å². The van der Waals surface area contributed by atoms with Crippen LogP contribution in [-0.2, 0) is 9.53 Å². The van der Waals surface area contributed by atoms with Gasteiger partial charge in [0.1, 0.15) is 5.82 Å². The monoisotopic (exact) mass is 309 g/mol. The van der Waals surface area contributed by atoms with E-state index in [2.05, 4.69) is 10.3 Å². The number of rotatable bonds is 4. The molecule has 1 N–H and O–H groups in total. The summed E-state index contributed by atoms with van der Waals surface area (Å²) in [6, 6.07) is 4.52. The summed E-state index contributed by atoms with van der Waals surface area (Å²) in [4.78, 5) is 18.1. The SMILES string of the molecule is O=C(CCNc1nc2ccc(F)cc2s1)N1CCOCC1. The zero-order chi connectivity index (χ0) is 14.7. The summed E-state index contributed by atoms with van der Waals surface area (Å²) in [5.41, 5.74) is 0.767. The summed E-state index contributed by atoms with van der Waals surface area (Å²) in [5, 5.41) is 3.84. The molecule has 0 bridgehead atoms. The third-order valence-electron chi connectivity index (χ3n) is 3.33. The van der Waals surface area contributed by atoms with Crippen LogP contribution in [0.1, 0.15) is 6.42 Å². The van der Waals surface area contributed by atoms with E-state index in [1.165, 1.54) is 23.5 Å². The smallest absolute Gasteiger partial charge is 0.224 e. The number of aromatic nitrogens is 1. The molecule has 0 unspecified atom stereocenters. The standard InChI is InChI=1S/C14H16FN3O2S/c15-10-1-2-11-12(9-10)21-14(17-11)16-4-3-13(19)18-5-7-20-8-6-18/h1-2,9H,3-8H2,(H,16,17). The normalized spacial score (nSPS) is 15.4. The van der Waals surface area contributed by atoms with Crippen molar-refractivity contribution in [2.75, 3.05) is 38.2 Å². The molecule has 2 aromatic rings. The fourth-order valence-electron chi connectivity index (χ4n) is 2.22. The minimum atomic E-state index is -0.264. The lowest BCUT2D eigenvalue weighted by Crippen LogP contribution is -2.41. The zero-order valence-corrected chi connectivity index (χ0v) is 12.3. The maximum atomic E-state index is 13.1. The van der Waals surface area contributed by atoms with E-state index in [1.54, 1.807) is 6.07 Å². The van der Waals surface area contributed by atoms with Crippen LogP contribution < -0.4 is 5.32 Å². The van der Waals surface area contributed by atoms with Gasteiger partial charge in [-0.05, 0) is 18.2 Å². The van der Waals surface area contributed by atoms with Gasteiger partial charge in [0.25, 0.3) is 0 Å². The molecule has 0 saturated carbocycles. The van der Waals surface area contributed by atoms with E-state index in [9.17, 15) is 9.18 Å². The van der Waals surface area contributed by atoms with Gasteiger partial charge in [-0.2, -0.15) is 0 Å². The maximum absolute atomic E-state index is 13.1. The molecule has 0 atom stereocenters. The third kappa shape index (κ3) is 3.48. The van der Waals surface area contributed by atoms with Crippen molar-refractivity contribution in [3.63, 3.8) is 0 Å². The van der Waals surface area contributed by atoms with Gasteiger partial charge in [0.2, 0.25) is 5.91 Å².